The average molecular weight is 328 g/mol. The Morgan fingerprint density at radius 3 is 2.83 bits per heavy atom. The smallest absolute Gasteiger partial charge is 0.250 e. The summed E-state index contributed by atoms with van der Waals surface area (Å²) in [4.78, 5) is 26.4. The van der Waals surface area contributed by atoms with Crippen LogP contribution in [0.5, 0.6) is 0 Å². The van der Waals surface area contributed by atoms with E-state index in [0.29, 0.717) is 18.9 Å². The minimum absolute atomic E-state index is 0.00226. The molecule has 0 spiro atoms. The molecule has 1 amide bonds. The number of carbonyl (C=O) groups excluding carboxylic acids is 1. The van der Waals surface area contributed by atoms with Crippen LogP contribution in [0.3, 0.4) is 0 Å². The Kier molecular flexibility index (Phi) is 4.88. The predicted octanol–water partition coefficient (Wildman–Crippen LogP) is 3.14. The highest BCUT2D eigenvalue weighted by molar-refractivity contribution is 5.76. The molecule has 1 fully saturated rings. The molecule has 2 atom stereocenters. The van der Waals surface area contributed by atoms with Crippen LogP contribution in [0.25, 0.3) is 0 Å². The number of likely N-dealkylation sites (tertiary alicyclic amines) is 1. The Labute approximate surface area is 141 Å². The van der Waals surface area contributed by atoms with Crippen LogP contribution in [0.4, 0.5) is 0 Å². The van der Waals surface area contributed by atoms with Crippen LogP contribution < -0.4 is 5.56 Å². The Morgan fingerprint density at radius 1 is 1.29 bits per heavy atom. The first-order chi connectivity index (χ1) is 11.5. The van der Waals surface area contributed by atoms with Crippen LogP contribution in [0, 0.1) is 12.8 Å². The SMILES string of the molecule is Cc1ccc([C@@H]2C[C@@H](C)CCN2C(=O)CCn2ccccc2=O)o1. The van der Waals surface area contributed by atoms with E-state index in [9.17, 15) is 9.59 Å². The minimum Gasteiger partial charge on any atom is -0.464 e. The van der Waals surface area contributed by atoms with E-state index in [0.717, 1.165) is 30.9 Å². The van der Waals surface area contributed by atoms with Gasteiger partial charge in [-0.25, -0.2) is 0 Å². The van der Waals surface area contributed by atoms with Gasteiger partial charge in [0.15, 0.2) is 0 Å². The number of furan rings is 1. The van der Waals surface area contributed by atoms with Gasteiger partial charge in [-0.1, -0.05) is 13.0 Å². The van der Waals surface area contributed by atoms with Gasteiger partial charge in [-0.3, -0.25) is 9.59 Å². The zero-order valence-corrected chi connectivity index (χ0v) is 14.3. The third kappa shape index (κ3) is 3.61. The van der Waals surface area contributed by atoms with Crippen LogP contribution in [0.2, 0.25) is 0 Å². The molecule has 2 aromatic rings. The van der Waals surface area contributed by atoms with Gasteiger partial charge < -0.3 is 13.9 Å². The summed E-state index contributed by atoms with van der Waals surface area (Å²) in [5, 5.41) is 0. The van der Waals surface area contributed by atoms with Crippen LogP contribution in [-0.2, 0) is 11.3 Å². The van der Waals surface area contributed by atoms with E-state index in [1.54, 1.807) is 16.8 Å². The van der Waals surface area contributed by atoms with Crippen molar-refractivity contribution in [2.24, 2.45) is 5.92 Å². The number of aromatic nitrogens is 1. The molecule has 0 aromatic carbocycles. The van der Waals surface area contributed by atoms with Gasteiger partial charge in [0.2, 0.25) is 5.91 Å². The lowest BCUT2D eigenvalue weighted by Crippen LogP contribution is -2.41. The second kappa shape index (κ2) is 7.07. The number of nitrogens with zero attached hydrogens (tertiary/aromatic N) is 2. The summed E-state index contributed by atoms with van der Waals surface area (Å²) >= 11 is 0. The average Bonchev–Trinajstić information content (AvgIpc) is 3.00. The fraction of sp³-hybridized carbons (Fsp3) is 0.474. The molecular formula is C19H24N2O3. The summed E-state index contributed by atoms with van der Waals surface area (Å²) < 4.78 is 7.36. The second-order valence-electron chi connectivity index (χ2n) is 6.66. The molecule has 2 aromatic heterocycles. The number of carbonyl (C=O) groups is 1. The quantitative estimate of drug-likeness (QED) is 0.866. The van der Waals surface area contributed by atoms with Crippen molar-refractivity contribution in [2.75, 3.05) is 6.54 Å². The number of hydrogen-bond acceptors (Lipinski definition) is 3. The highest BCUT2D eigenvalue weighted by atomic mass is 16.3. The zero-order valence-electron chi connectivity index (χ0n) is 14.3. The van der Waals surface area contributed by atoms with Crippen LogP contribution in [-0.4, -0.2) is 21.9 Å². The molecule has 0 radical (unpaired) electrons. The van der Waals surface area contributed by atoms with Crippen molar-refractivity contribution in [3.05, 3.63) is 58.4 Å². The molecule has 5 heteroatoms. The largest absolute Gasteiger partial charge is 0.464 e. The van der Waals surface area contributed by atoms with Gasteiger partial charge in [-0.05, 0) is 43.9 Å². The molecule has 5 nitrogen and oxygen atoms in total. The first-order valence-corrected chi connectivity index (χ1v) is 8.56. The maximum atomic E-state index is 12.7. The molecule has 1 saturated heterocycles. The highest BCUT2D eigenvalue weighted by Gasteiger charge is 2.32. The first kappa shape index (κ1) is 16.6. The molecule has 1 aliphatic rings. The highest BCUT2D eigenvalue weighted by Crippen LogP contribution is 2.35. The molecule has 3 rings (SSSR count). The molecule has 0 aliphatic carbocycles. The van der Waals surface area contributed by atoms with Gasteiger partial charge in [-0.15, -0.1) is 0 Å². The molecule has 1 aliphatic heterocycles. The summed E-state index contributed by atoms with van der Waals surface area (Å²) in [5.41, 5.74) is -0.0734. The predicted molar refractivity (Wildman–Crippen MR) is 91.6 cm³/mol. The lowest BCUT2D eigenvalue weighted by Gasteiger charge is -2.37. The molecule has 3 heterocycles. The van der Waals surface area contributed by atoms with E-state index >= 15 is 0 Å². The Morgan fingerprint density at radius 2 is 2.12 bits per heavy atom. The van der Waals surface area contributed by atoms with Crippen LogP contribution >= 0.6 is 0 Å². The van der Waals surface area contributed by atoms with Gasteiger partial charge in [-0.2, -0.15) is 0 Å². The number of aryl methyl sites for hydroxylation is 2. The molecule has 0 unspecified atom stereocenters. The normalized spacial score (nSPS) is 21.0. The Bertz CT molecular complexity index is 762. The van der Waals surface area contributed by atoms with E-state index < -0.39 is 0 Å². The van der Waals surface area contributed by atoms with Crippen molar-refractivity contribution in [2.45, 2.75) is 45.7 Å². The molecular weight excluding hydrogens is 304 g/mol. The summed E-state index contributed by atoms with van der Waals surface area (Å²) in [5.74, 6) is 2.38. The summed E-state index contributed by atoms with van der Waals surface area (Å²) in [6.07, 6.45) is 3.98. The van der Waals surface area contributed by atoms with Crippen molar-refractivity contribution in [1.29, 1.82) is 0 Å². The van der Waals surface area contributed by atoms with E-state index in [1.165, 1.54) is 6.07 Å². The monoisotopic (exact) mass is 328 g/mol. The van der Waals surface area contributed by atoms with Crippen LogP contribution in [0.1, 0.15) is 43.7 Å². The number of hydrogen-bond donors (Lipinski definition) is 0. The molecule has 24 heavy (non-hydrogen) atoms. The number of piperidine rings is 1. The lowest BCUT2D eigenvalue weighted by molar-refractivity contribution is -0.136. The van der Waals surface area contributed by atoms with Gasteiger partial charge in [0.25, 0.3) is 5.56 Å². The zero-order chi connectivity index (χ0) is 17.1. The maximum Gasteiger partial charge on any atom is 0.250 e. The number of amides is 1. The van der Waals surface area contributed by atoms with Crippen molar-refractivity contribution in [3.63, 3.8) is 0 Å². The molecule has 128 valence electrons. The Balaban J connectivity index is 1.71. The van der Waals surface area contributed by atoms with Crippen molar-refractivity contribution in [1.82, 2.24) is 9.47 Å². The van der Waals surface area contributed by atoms with Crippen molar-refractivity contribution < 1.29 is 9.21 Å². The van der Waals surface area contributed by atoms with Crippen molar-refractivity contribution >= 4 is 5.91 Å². The topological polar surface area (TPSA) is 55.5 Å². The fourth-order valence-corrected chi connectivity index (χ4v) is 3.35. The number of pyridine rings is 1. The van der Waals surface area contributed by atoms with Gasteiger partial charge in [0.1, 0.15) is 11.5 Å². The summed E-state index contributed by atoms with van der Waals surface area (Å²) in [6, 6.07) is 8.95. The van der Waals surface area contributed by atoms with E-state index in [4.69, 9.17) is 4.42 Å². The van der Waals surface area contributed by atoms with E-state index in [1.807, 2.05) is 30.0 Å². The third-order valence-electron chi connectivity index (χ3n) is 4.74. The van der Waals surface area contributed by atoms with Gasteiger partial charge in [0, 0.05) is 31.8 Å². The molecule has 0 bridgehead atoms. The first-order valence-electron chi connectivity index (χ1n) is 8.56. The second-order valence-corrected chi connectivity index (χ2v) is 6.66. The van der Waals surface area contributed by atoms with E-state index in [-0.39, 0.29) is 17.5 Å². The Hall–Kier alpha value is -2.30. The number of rotatable bonds is 4. The molecule has 0 N–H and O–H groups in total. The third-order valence-corrected chi connectivity index (χ3v) is 4.74. The lowest BCUT2D eigenvalue weighted by atomic mass is 9.91. The maximum absolute atomic E-state index is 12.7. The fourth-order valence-electron chi connectivity index (χ4n) is 3.35. The van der Waals surface area contributed by atoms with Crippen molar-refractivity contribution in [3.8, 4) is 0 Å². The van der Waals surface area contributed by atoms with Crippen LogP contribution in [0.15, 0.2) is 45.7 Å². The summed E-state index contributed by atoms with van der Waals surface area (Å²) in [6.45, 7) is 5.29. The van der Waals surface area contributed by atoms with Gasteiger partial charge in [0.05, 0.1) is 6.04 Å². The minimum atomic E-state index is -0.0734. The standard InChI is InChI=1S/C19H24N2O3/c1-14-8-12-21(16(13-14)17-7-6-15(2)24-17)19(23)9-11-20-10-4-3-5-18(20)22/h3-7,10,14,16H,8-9,11-13H2,1-2H3/t14-,16-/m0/s1. The van der Waals surface area contributed by atoms with E-state index in [2.05, 4.69) is 6.92 Å². The van der Waals surface area contributed by atoms with Gasteiger partial charge >= 0.3 is 0 Å². The molecule has 0 saturated carbocycles. The summed E-state index contributed by atoms with van der Waals surface area (Å²) in [7, 11) is 0.